The summed E-state index contributed by atoms with van der Waals surface area (Å²) in [4.78, 5) is 4.14. The molecule has 1 N–H and O–H groups in total. The predicted octanol–water partition coefficient (Wildman–Crippen LogP) is 4.45. The zero-order valence-corrected chi connectivity index (χ0v) is 13.1. The Morgan fingerprint density at radius 1 is 1.17 bits per heavy atom. The van der Waals surface area contributed by atoms with E-state index in [0.29, 0.717) is 23.9 Å². The molecule has 0 unspecified atom stereocenters. The van der Waals surface area contributed by atoms with Gasteiger partial charge in [0.2, 0.25) is 0 Å². The van der Waals surface area contributed by atoms with Gasteiger partial charge in [0.1, 0.15) is 17.2 Å². The van der Waals surface area contributed by atoms with Crippen molar-refractivity contribution in [3.8, 4) is 17.2 Å². The number of nitrogens with one attached hydrogen (secondary N) is 1. The fourth-order valence-electron chi connectivity index (χ4n) is 2.68. The number of anilines is 1. The summed E-state index contributed by atoms with van der Waals surface area (Å²) in [5.41, 5.74) is 3.06. The topological polar surface area (TPSA) is 42.9 Å². The van der Waals surface area contributed by atoms with Gasteiger partial charge in [-0.2, -0.15) is 0 Å². The fraction of sp³-hybridized carbons (Fsp3) is 0.167. The van der Waals surface area contributed by atoms with Gasteiger partial charge in [-0.05, 0) is 36.4 Å². The molecule has 0 radical (unpaired) electrons. The van der Waals surface area contributed by atoms with Gasteiger partial charge in [-0.1, -0.05) is 17.7 Å². The molecular weight excluding hydrogens is 312 g/mol. The zero-order chi connectivity index (χ0) is 15.6. The van der Waals surface area contributed by atoms with Gasteiger partial charge in [-0.3, -0.25) is 4.99 Å². The van der Waals surface area contributed by atoms with Crippen LogP contribution in [0.15, 0.2) is 53.2 Å². The standard InChI is InChI=1S/C18H15ClN2O2/c19-15-10-12(21-13-6-8-20-11-13)4-5-18(15)23-17-3-1-2-16-14(17)7-9-22-16/h1-6,8,10,21H,7,9,11H2. The third kappa shape index (κ3) is 2.90. The van der Waals surface area contributed by atoms with Crippen LogP contribution in [0, 0.1) is 0 Å². The first kappa shape index (κ1) is 14.2. The van der Waals surface area contributed by atoms with Crippen LogP contribution in [0.1, 0.15) is 5.56 Å². The molecule has 5 heteroatoms. The lowest BCUT2D eigenvalue weighted by Crippen LogP contribution is -2.00. The van der Waals surface area contributed by atoms with Crippen molar-refractivity contribution >= 4 is 23.5 Å². The van der Waals surface area contributed by atoms with E-state index in [1.165, 1.54) is 0 Å². The quantitative estimate of drug-likeness (QED) is 0.902. The first-order valence-electron chi connectivity index (χ1n) is 7.48. The van der Waals surface area contributed by atoms with Crippen LogP contribution in [0.3, 0.4) is 0 Å². The highest BCUT2D eigenvalue weighted by molar-refractivity contribution is 6.32. The van der Waals surface area contributed by atoms with Crippen LogP contribution in [-0.4, -0.2) is 19.4 Å². The average Bonchev–Trinajstić information content (AvgIpc) is 3.21. The number of nitrogens with zero attached hydrogens (tertiary/aromatic N) is 1. The highest BCUT2D eigenvalue weighted by Gasteiger charge is 2.18. The van der Waals surface area contributed by atoms with Crippen molar-refractivity contribution in [1.82, 2.24) is 0 Å². The average molecular weight is 327 g/mol. The van der Waals surface area contributed by atoms with Gasteiger partial charge in [-0.25, -0.2) is 0 Å². The van der Waals surface area contributed by atoms with Crippen LogP contribution in [0.5, 0.6) is 17.2 Å². The second kappa shape index (κ2) is 5.97. The predicted molar refractivity (Wildman–Crippen MR) is 92.2 cm³/mol. The maximum absolute atomic E-state index is 6.37. The number of allylic oxidation sites excluding steroid dienone is 1. The molecule has 0 atom stereocenters. The molecule has 0 aliphatic carbocycles. The smallest absolute Gasteiger partial charge is 0.146 e. The Balaban J connectivity index is 1.55. The number of fused-ring (bicyclic) bond motifs is 1. The van der Waals surface area contributed by atoms with E-state index in [-0.39, 0.29) is 0 Å². The van der Waals surface area contributed by atoms with E-state index in [0.717, 1.165) is 34.9 Å². The minimum atomic E-state index is 0.561. The van der Waals surface area contributed by atoms with Crippen LogP contribution < -0.4 is 14.8 Å². The molecule has 4 nitrogen and oxygen atoms in total. The second-order valence-corrected chi connectivity index (χ2v) is 5.79. The number of benzene rings is 2. The Hall–Kier alpha value is -2.46. The molecule has 2 aliphatic heterocycles. The molecule has 2 aliphatic rings. The minimum absolute atomic E-state index is 0.561. The number of aliphatic imine (C=N–C) groups is 1. The van der Waals surface area contributed by atoms with Crippen molar-refractivity contribution in [2.24, 2.45) is 4.99 Å². The highest BCUT2D eigenvalue weighted by Crippen LogP contribution is 2.38. The number of hydrogen-bond donors (Lipinski definition) is 1. The van der Waals surface area contributed by atoms with Gasteiger partial charge < -0.3 is 14.8 Å². The van der Waals surface area contributed by atoms with Crippen molar-refractivity contribution in [2.45, 2.75) is 6.42 Å². The summed E-state index contributed by atoms with van der Waals surface area (Å²) in [7, 11) is 0. The monoisotopic (exact) mass is 326 g/mol. The van der Waals surface area contributed by atoms with E-state index in [4.69, 9.17) is 21.1 Å². The third-order valence-corrected chi connectivity index (χ3v) is 4.09. The third-order valence-electron chi connectivity index (χ3n) is 3.80. The van der Waals surface area contributed by atoms with Gasteiger partial charge in [0, 0.05) is 29.6 Å². The molecule has 0 spiro atoms. The lowest BCUT2D eigenvalue weighted by Gasteiger charge is -2.12. The molecule has 0 saturated carbocycles. The Bertz CT molecular complexity index is 815. The summed E-state index contributed by atoms with van der Waals surface area (Å²) in [6.45, 7) is 1.37. The van der Waals surface area contributed by atoms with Gasteiger partial charge in [0.15, 0.2) is 0 Å². The summed E-state index contributed by atoms with van der Waals surface area (Å²) in [6, 6.07) is 11.5. The van der Waals surface area contributed by atoms with Crippen LogP contribution in [0.4, 0.5) is 5.69 Å². The molecule has 4 rings (SSSR count). The largest absolute Gasteiger partial charge is 0.493 e. The van der Waals surface area contributed by atoms with Gasteiger partial charge in [-0.15, -0.1) is 0 Å². The molecular formula is C18H15ClN2O2. The maximum atomic E-state index is 6.37. The first-order chi connectivity index (χ1) is 11.3. The van der Waals surface area contributed by atoms with E-state index in [2.05, 4.69) is 10.3 Å². The molecule has 0 amide bonds. The SMILES string of the molecule is Clc1cc(NC2=CC=NC2)ccc1Oc1cccc2c1CCO2. The molecule has 2 heterocycles. The van der Waals surface area contributed by atoms with Crippen molar-refractivity contribution in [1.29, 1.82) is 0 Å². The van der Waals surface area contributed by atoms with E-state index in [1.807, 2.05) is 42.5 Å². The van der Waals surface area contributed by atoms with Crippen molar-refractivity contribution in [2.75, 3.05) is 18.5 Å². The van der Waals surface area contributed by atoms with Crippen LogP contribution in [0.2, 0.25) is 5.02 Å². The van der Waals surface area contributed by atoms with Crippen molar-refractivity contribution < 1.29 is 9.47 Å². The van der Waals surface area contributed by atoms with Gasteiger partial charge in [0.05, 0.1) is 18.2 Å². The highest BCUT2D eigenvalue weighted by atomic mass is 35.5. The molecule has 2 aromatic carbocycles. The minimum Gasteiger partial charge on any atom is -0.493 e. The molecule has 0 saturated heterocycles. The number of rotatable bonds is 4. The normalized spacial score (nSPS) is 15.1. The van der Waals surface area contributed by atoms with Crippen molar-refractivity contribution in [3.05, 3.63) is 58.8 Å². The van der Waals surface area contributed by atoms with E-state index < -0.39 is 0 Å². The maximum Gasteiger partial charge on any atom is 0.146 e. The zero-order valence-electron chi connectivity index (χ0n) is 12.4. The molecule has 0 aromatic heterocycles. The Kier molecular flexibility index (Phi) is 3.67. The van der Waals surface area contributed by atoms with Crippen molar-refractivity contribution in [3.63, 3.8) is 0 Å². The Labute approximate surface area is 139 Å². The summed E-state index contributed by atoms with van der Waals surface area (Å²) in [5, 5.41) is 3.85. The second-order valence-electron chi connectivity index (χ2n) is 5.39. The fourth-order valence-corrected chi connectivity index (χ4v) is 2.90. The van der Waals surface area contributed by atoms with E-state index in [9.17, 15) is 0 Å². The lowest BCUT2D eigenvalue weighted by molar-refractivity contribution is 0.357. The number of halogens is 1. The Morgan fingerprint density at radius 2 is 2.13 bits per heavy atom. The summed E-state index contributed by atoms with van der Waals surface area (Å²) in [6.07, 6.45) is 4.60. The molecule has 116 valence electrons. The Morgan fingerprint density at radius 3 is 2.96 bits per heavy atom. The number of ether oxygens (including phenoxy) is 2. The van der Waals surface area contributed by atoms with Crippen LogP contribution >= 0.6 is 11.6 Å². The summed E-state index contributed by atoms with van der Waals surface area (Å²) >= 11 is 6.37. The molecule has 0 fully saturated rings. The first-order valence-corrected chi connectivity index (χ1v) is 7.85. The lowest BCUT2D eigenvalue weighted by atomic mass is 10.1. The van der Waals surface area contributed by atoms with Crippen LogP contribution in [-0.2, 0) is 6.42 Å². The molecule has 2 aromatic rings. The molecule has 0 bridgehead atoms. The van der Waals surface area contributed by atoms with E-state index >= 15 is 0 Å². The van der Waals surface area contributed by atoms with E-state index in [1.54, 1.807) is 6.21 Å². The molecule has 23 heavy (non-hydrogen) atoms. The number of hydrogen-bond acceptors (Lipinski definition) is 4. The van der Waals surface area contributed by atoms with Gasteiger partial charge in [0.25, 0.3) is 0 Å². The summed E-state index contributed by atoms with van der Waals surface area (Å²) < 4.78 is 11.6. The van der Waals surface area contributed by atoms with Crippen LogP contribution in [0.25, 0.3) is 0 Å². The van der Waals surface area contributed by atoms with Gasteiger partial charge >= 0.3 is 0 Å². The summed E-state index contributed by atoms with van der Waals surface area (Å²) in [5.74, 6) is 2.33.